The maximum absolute atomic E-state index is 13.6. The summed E-state index contributed by atoms with van der Waals surface area (Å²) >= 11 is 0. The first-order valence-electron chi connectivity index (χ1n) is 11.5. The van der Waals surface area contributed by atoms with Crippen LogP contribution in [0.5, 0.6) is 5.75 Å². The van der Waals surface area contributed by atoms with Gasteiger partial charge in [-0.1, -0.05) is 13.0 Å². The second-order valence-corrected chi connectivity index (χ2v) is 10.2. The van der Waals surface area contributed by atoms with E-state index in [0.717, 1.165) is 11.1 Å². The minimum Gasteiger partial charge on any atom is -0.497 e. The Morgan fingerprint density at radius 3 is 2.03 bits per heavy atom. The zero-order valence-electron chi connectivity index (χ0n) is 20.3. The highest BCUT2D eigenvalue weighted by Gasteiger charge is 2.28. The first-order valence-corrected chi connectivity index (χ1v) is 12.9. The summed E-state index contributed by atoms with van der Waals surface area (Å²) in [4.78, 5) is 28.5. The standard InChI is InChI=1S/C25H33N3O5S/c1-5-24(29)26-14-16-27(17-15-26)25(30)12-13-28(21-7-9-22(33-4)10-8-21)34(31,32)23-11-6-19(2)20(3)18-23/h6-11,18H,5,12-17H2,1-4H3. The summed E-state index contributed by atoms with van der Waals surface area (Å²) in [6, 6.07) is 11.8. The Hall–Kier alpha value is -3.07. The van der Waals surface area contributed by atoms with Gasteiger partial charge in [0.15, 0.2) is 0 Å². The van der Waals surface area contributed by atoms with Crippen LogP contribution < -0.4 is 9.04 Å². The average Bonchev–Trinajstić information content (AvgIpc) is 2.85. The van der Waals surface area contributed by atoms with Crippen molar-refractivity contribution in [1.82, 2.24) is 9.80 Å². The molecule has 2 aromatic carbocycles. The number of sulfonamides is 1. The smallest absolute Gasteiger partial charge is 0.264 e. The molecule has 0 N–H and O–H groups in total. The largest absolute Gasteiger partial charge is 0.497 e. The fourth-order valence-electron chi connectivity index (χ4n) is 3.92. The molecule has 0 atom stereocenters. The van der Waals surface area contributed by atoms with Crippen LogP contribution in [0.1, 0.15) is 30.9 Å². The number of aryl methyl sites for hydroxylation is 2. The van der Waals surface area contributed by atoms with Gasteiger partial charge in [0.1, 0.15) is 5.75 Å². The molecule has 1 aliphatic heterocycles. The Labute approximate surface area is 202 Å². The van der Waals surface area contributed by atoms with E-state index in [-0.39, 0.29) is 29.7 Å². The molecule has 9 heteroatoms. The summed E-state index contributed by atoms with van der Waals surface area (Å²) in [5, 5.41) is 0. The number of anilines is 1. The summed E-state index contributed by atoms with van der Waals surface area (Å²) < 4.78 is 33.7. The van der Waals surface area contributed by atoms with Gasteiger partial charge in [0, 0.05) is 45.6 Å². The van der Waals surface area contributed by atoms with Crippen LogP contribution in [0.4, 0.5) is 5.69 Å². The van der Waals surface area contributed by atoms with Gasteiger partial charge in [-0.25, -0.2) is 8.42 Å². The Balaban J connectivity index is 1.80. The van der Waals surface area contributed by atoms with Gasteiger partial charge in [-0.2, -0.15) is 0 Å². The van der Waals surface area contributed by atoms with Crippen LogP contribution in [0.2, 0.25) is 0 Å². The lowest BCUT2D eigenvalue weighted by Gasteiger charge is -2.35. The van der Waals surface area contributed by atoms with Crippen LogP contribution in [-0.2, 0) is 19.6 Å². The highest BCUT2D eigenvalue weighted by atomic mass is 32.2. The number of hydrogen-bond donors (Lipinski definition) is 0. The van der Waals surface area contributed by atoms with Crippen LogP contribution in [0.15, 0.2) is 47.4 Å². The van der Waals surface area contributed by atoms with E-state index in [1.54, 1.807) is 59.4 Å². The average molecular weight is 488 g/mol. The zero-order valence-corrected chi connectivity index (χ0v) is 21.1. The highest BCUT2D eigenvalue weighted by molar-refractivity contribution is 7.92. The lowest BCUT2D eigenvalue weighted by Crippen LogP contribution is -2.51. The van der Waals surface area contributed by atoms with Gasteiger partial charge in [0.25, 0.3) is 10.0 Å². The number of methoxy groups -OCH3 is 1. The van der Waals surface area contributed by atoms with Crippen LogP contribution in [0.3, 0.4) is 0 Å². The molecule has 0 aliphatic carbocycles. The summed E-state index contributed by atoms with van der Waals surface area (Å²) in [7, 11) is -2.35. The lowest BCUT2D eigenvalue weighted by molar-refractivity contribution is -0.139. The fourth-order valence-corrected chi connectivity index (χ4v) is 5.47. The van der Waals surface area contributed by atoms with Crippen molar-refractivity contribution in [3.8, 4) is 5.75 Å². The molecule has 1 fully saturated rings. The van der Waals surface area contributed by atoms with Crippen molar-refractivity contribution < 1.29 is 22.7 Å². The van der Waals surface area contributed by atoms with Gasteiger partial charge >= 0.3 is 0 Å². The van der Waals surface area contributed by atoms with Crippen molar-refractivity contribution in [2.75, 3.05) is 44.1 Å². The summed E-state index contributed by atoms with van der Waals surface area (Å²) in [6.07, 6.45) is 0.485. The predicted molar refractivity (Wildman–Crippen MR) is 132 cm³/mol. The van der Waals surface area contributed by atoms with Crippen LogP contribution >= 0.6 is 0 Å². The van der Waals surface area contributed by atoms with Gasteiger partial charge in [-0.15, -0.1) is 0 Å². The van der Waals surface area contributed by atoms with E-state index in [1.807, 2.05) is 20.8 Å². The number of ether oxygens (including phenoxy) is 1. The summed E-state index contributed by atoms with van der Waals surface area (Å²) in [5.74, 6) is 0.567. The number of rotatable bonds is 8. The summed E-state index contributed by atoms with van der Waals surface area (Å²) in [5.41, 5.74) is 2.35. The molecule has 34 heavy (non-hydrogen) atoms. The molecule has 2 amide bonds. The van der Waals surface area contributed by atoms with E-state index in [4.69, 9.17) is 4.74 Å². The molecular weight excluding hydrogens is 454 g/mol. The molecule has 1 heterocycles. The van der Waals surface area contributed by atoms with E-state index in [1.165, 1.54) is 4.31 Å². The van der Waals surface area contributed by atoms with E-state index >= 15 is 0 Å². The minimum absolute atomic E-state index is 0.00846. The second-order valence-electron chi connectivity index (χ2n) is 8.39. The molecule has 0 radical (unpaired) electrons. The van der Waals surface area contributed by atoms with Crippen molar-refractivity contribution in [3.05, 3.63) is 53.6 Å². The molecule has 1 aliphatic rings. The van der Waals surface area contributed by atoms with Crippen molar-refractivity contribution in [3.63, 3.8) is 0 Å². The molecule has 8 nitrogen and oxygen atoms in total. The van der Waals surface area contributed by atoms with Gasteiger partial charge in [0.2, 0.25) is 11.8 Å². The predicted octanol–water partition coefficient (Wildman–Crippen LogP) is 2.98. The minimum atomic E-state index is -3.89. The van der Waals surface area contributed by atoms with E-state index in [9.17, 15) is 18.0 Å². The maximum Gasteiger partial charge on any atom is 0.264 e. The molecule has 0 unspecified atom stereocenters. The number of carbonyl (C=O) groups excluding carboxylic acids is 2. The van der Waals surface area contributed by atoms with Gasteiger partial charge in [-0.3, -0.25) is 13.9 Å². The van der Waals surface area contributed by atoms with Crippen LogP contribution in [0, 0.1) is 13.8 Å². The quantitative estimate of drug-likeness (QED) is 0.571. The first kappa shape index (κ1) is 25.6. The molecule has 0 aromatic heterocycles. The third-order valence-corrected chi connectivity index (χ3v) is 8.07. The normalized spacial score (nSPS) is 14.1. The lowest BCUT2D eigenvalue weighted by atomic mass is 10.1. The number of benzene rings is 2. The number of hydrogen-bond acceptors (Lipinski definition) is 5. The zero-order chi connectivity index (χ0) is 24.9. The topological polar surface area (TPSA) is 87.2 Å². The van der Waals surface area contributed by atoms with Crippen molar-refractivity contribution in [2.45, 2.75) is 38.5 Å². The number of nitrogens with zero attached hydrogens (tertiary/aromatic N) is 3. The van der Waals surface area contributed by atoms with E-state index < -0.39 is 10.0 Å². The molecule has 184 valence electrons. The molecule has 0 spiro atoms. The monoisotopic (exact) mass is 487 g/mol. The van der Waals surface area contributed by atoms with E-state index in [0.29, 0.717) is 44.0 Å². The Kier molecular flexibility index (Phi) is 8.19. The number of amides is 2. The SMILES string of the molecule is CCC(=O)N1CCN(C(=O)CCN(c2ccc(OC)cc2)S(=O)(=O)c2ccc(C)c(C)c2)CC1. The van der Waals surface area contributed by atoms with E-state index in [2.05, 4.69) is 0 Å². The number of piperazine rings is 1. The molecular formula is C25H33N3O5S. The maximum atomic E-state index is 13.6. The number of carbonyl (C=O) groups is 2. The van der Waals surface area contributed by atoms with Crippen LogP contribution in [-0.4, -0.2) is 69.9 Å². The molecule has 0 saturated carbocycles. The van der Waals surface area contributed by atoms with Crippen molar-refractivity contribution >= 4 is 27.5 Å². The second kappa shape index (κ2) is 10.9. The first-order chi connectivity index (χ1) is 16.2. The Morgan fingerprint density at radius 1 is 0.912 bits per heavy atom. The molecule has 1 saturated heterocycles. The third kappa shape index (κ3) is 5.70. The van der Waals surface area contributed by atoms with Gasteiger partial charge < -0.3 is 14.5 Å². The highest BCUT2D eigenvalue weighted by Crippen LogP contribution is 2.27. The van der Waals surface area contributed by atoms with Gasteiger partial charge in [-0.05, 0) is 61.4 Å². The summed E-state index contributed by atoms with van der Waals surface area (Å²) in [6.45, 7) is 7.55. The molecule has 3 rings (SSSR count). The van der Waals surface area contributed by atoms with Crippen LogP contribution in [0.25, 0.3) is 0 Å². The van der Waals surface area contributed by atoms with Crippen molar-refractivity contribution in [2.24, 2.45) is 0 Å². The van der Waals surface area contributed by atoms with Gasteiger partial charge in [0.05, 0.1) is 17.7 Å². The Bertz CT molecular complexity index is 1120. The van der Waals surface area contributed by atoms with Crippen molar-refractivity contribution in [1.29, 1.82) is 0 Å². The Morgan fingerprint density at radius 2 is 1.50 bits per heavy atom. The fraction of sp³-hybridized carbons (Fsp3) is 0.440. The third-order valence-electron chi connectivity index (χ3n) is 6.24. The molecule has 0 bridgehead atoms. The molecule has 2 aromatic rings.